The third kappa shape index (κ3) is 2.58. The lowest BCUT2D eigenvalue weighted by Crippen LogP contribution is -2.24. The fourth-order valence-electron chi connectivity index (χ4n) is 2.54. The van der Waals surface area contributed by atoms with E-state index in [1.165, 1.54) is 0 Å². The molecule has 3 rings (SSSR count). The zero-order valence-electron chi connectivity index (χ0n) is 11.5. The van der Waals surface area contributed by atoms with E-state index >= 15 is 0 Å². The Morgan fingerprint density at radius 1 is 1.40 bits per heavy atom. The van der Waals surface area contributed by atoms with Crippen molar-refractivity contribution in [2.45, 2.75) is 19.4 Å². The van der Waals surface area contributed by atoms with Gasteiger partial charge in [-0.3, -0.25) is 9.48 Å². The van der Waals surface area contributed by atoms with Crippen LogP contribution in [-0.2, 0) is 31.2 Å². The summed E-state index contributed by atoms with van der Waals surface area (Å²) in [7, 11) is 1.87. The quantitative estimate of drug-likeness (QED) is 0.882. The van der Waals surface area contributed by atoms with Gasteiger partial charge >= 0.3 is 0 Å². The molecule has 0 spiro atoms. The van der Waals surface area contributed by atoms with Crippen LogP contribution in [0.25, 0.3) is 0 Å². The third-order valence-corrected chi connectivity index (χ3v) is 3.53. The van der Waals surface area contributed by atoms with Crippen molar-refractivity contribution >= 4 is 11.7 Å². The summed E-state index contributed by atoms with van der Waals surface area (Å²) in [5.41, 5.74) is 3.21. The molecule has 0 unspecified atom stereocenters. The van der Waals surface area contributed by atoms with Crippen molar-refractivity contribution in [2.75, 3.05) is 11.9 Å². The number of nitrogens with one attached hydrogen (secondary N) is 2. The molecule has 1 aromatic carbocycles. The van der Waals surface area contributed by atoms with E-state index in [9.17, 15) is 4.79 Å². The SMILES string of the molecule is Cn1nc2c(c1NC(=O)Cc1ccccc1)CNCC2. The number of hydrogen-bond acceptors (Lipinski definition) is 3. The van der Waals surface area contributed by atoms with Crippen molar-refractivity contribution in [1.29, 1.82) is 0 Å². The van der Waals surface area contributed by atoms with Gasteiger partial charge < -0.3 is 10.6 Å². The van der Waals surface area contributed by atoms with Crippen molar-refractivity contribution < 1.29 is 4.79 Å². The van der Waals surface area contributed by atoms with Crippen molar-refractivity contribution in [2.24, 2.45) is 7.05 Å². The summed E-state index contributed by atoms with van der Waals surface area (Å²) in [4.78, 5) is 12.1. The van der Waals surface area contributed by atoms with Crippen LogP contribution in [0.3, 0.4) is 0 Å². The molecule has 5 nitrogen and oxygen atoms in total. The summed E-state index contributed by atoms with van der Waals surface area (Å²) in [6.45, 7) is 1.71. The standard InChI is InChI=1S/C15H18N4O/c1-19-15(12-10-16-8-7-13(12)18-19)17-14(20)9-11-5-3-2-4-6-11/h2-6,16H,7-10H2,1H3,(H,17,20). The summed E-state index contributed by atoms with van der Waals surface area (Å²) in [5.74, 6) is 0.806. The van der Waals surface area contributed by atoms with E-state index in [-0.39, 0.29) is 5.91 Å². The van der Waals surface area contributed by atoms with Gasteiger partial charge in [-0.05, 0) is 5.56 Å². The highest BCUT2D eigenvalue weighted by Gasteiger charge is 2.20. The predicted molar refractivity (Wildman–Crippen MR) is 77.4 cm³/mol. The number of aryl methyl sites for hydroxylation is 1. The number of carbonyl (C=O) groups is 1. The normalized spacial score (nSPS) is 13.8. The molecule has 2 heterocycles. The zero-order chi connectivity index (χ0) is 13.9. The molecule has 0 atom stereocenters. The molecule has 2 aromatic rings. The Kier molecular flexibility index (Phi) is 3.52. The van der Waals surface area contributed by atoms with Crippen LogP contribution >= 0.6 is 0 Å². The van der Waals surface area contributed by atoms with E-state index in [1.807, 2.05) is 37.4 Å². The second kappa shape index (κ2) is 5.46. The second-order valence-electron chi connectivity index (χ2n) is 5.03. The van der Waals surface area contributed by atoms with E-state index < -0.39 is 0 Å². The van der Waals surface area contributed by atoms with E-state index in [1.54, 1.807) is 4.68 Å². The summed E-state index contributed by atoms with van der Waals surface area (Å²) >= 11 is 0. The molecule has 1 aliphatic heterocycles. The van der Waals surface area contributed by atoms with Crippen LogP contribution in [-0.4, -0.2) is 22.2 Å². The lowest BCUT2D eigenvalue weighted by atomic mass is 10.1. The maximum Gasteiger partial charge on any atom is 0.229 e. The molecule has 0 saturated heterocycles. The number of anilines is 1. The number of rotatable bonds is 3. The largest absolute Gasteiger partial charge is 0.312 e. The molecule has 0 aliphatic carbocycles. The Morgan fingerprint density at radius 2 is 2.20 bits per heavy atom. The third-order valence-electron chi connectivity index (χ3n) is 3.53. The maximum absolute atomic E-state index is 12.1. The molecule has 1 aromatic heterocycles. The van der Waals surface area contributed by atoms with Gasteiger partial charge in [0.1, 0.15) is 5.82 Å². The predicted octanol–water partition coefficient (Wildman–Crippen LogP) is 1.25. The van der Waals surface area contributed by atoms with Gasteiger partial charge in [-0.25, -0.2) is 0 Å². The number of hydrogen-bond donors (Lipinski definition) is 2. The fourth-order valence-corrected chi connectivity index (χ4v) is 2.54. The van der Waals surface area contributed by atoms with Gasteiger partial charge in [-0.2, -0.15) is 5.10 Å². The summed E-state index contributed by atoms with van der Waals surface area (Å²) in [6.07, 6.45) is 1.30. The lowest BCUT2D eigenvalue weighted by Gasteiger charge is -2.13. The Balaban J connectivity index is 1.75. The summed E-state index contributed by atoms with van der Waals surface area (Å²) in [6, 6.07) is 9.75. The molecular weight excluding hydrogens is 252 g/mol. The zero-order valence-corrected chi connectivity index (χ0v) is 11.5. The molecule has 5 heteroatoms. The highest BCUT2D eigenvalue weighted by Crippen LogP contribution is 2.22. The minimum absolute atomic E-state index is 0.00688. The van der Waals surface area contributed by atoms with Crippen LogP contribution in [0, 0.1) is 0 Å². The Morgan fingerprint density at radius 3 is 3.00 bits per heavy atom. The monoisotopic (exact) mass is 270 g/mol. The molecule has 20 heavy (non-hydrogen) atoms. The Hall–Kier alpha value is -2.14. The molecule has 0 bridgehead atoms. The number of amides is 1. The van der Waals surface area contributed by atoms with Gasteiger partial charge in [-0.1, -0.05) is 30.3 Å². The van der Waals surface area contributed by atoms with Crippen molar-refractivity contribution in [1.82, 2.24) is 15.1 Å². The van der Waals surface area contributed by atoms with Gasteiger partial charge in [0.2, 0.25) is 5.91 Å². The first kappa shape index (κ1) is 12.9. The number of carbonyl (C=O) groups excluding carboxylic acids is 1. The van der Waals surface area contributed by atoms with Gasteiger partial charge in [0.05, 0.1) is 12.1 Å². The smallest absolute Gasteiger partial charge is 0.229 e. The minimum atomic E-state index is -0.00688. The number of nitrogens with zero attached hydrogens (tertiary/aromatic N) is 2. The van der Waals surface area contributed by atoms with Gasteiger partial charge in [-0.15, -0.1) is 0 Å². The molecule has 0 fully saturated rings. The van der Waals surface area contributed by atoms with Gasteiger partial charge in [0.25, 0.3) is 0 Å². The molecule has 104 valence electrons. The number of fused-ring (bicyclic) bond motifs is 1. The van der Waals surface area contributed by atoms with Crippen molar-refractivity contribution in [3.8, 4) is 0 Å². The van der Waals surface area contributed by atoms with Crippen LogP contribution in [0.4, 0.5) is 5.82 Å². The summed E-state index contributed by atoms with van der Waals surface area (Å²) < 4.78 is 1.76. The fraction of sp³-hybridized carbons (Fsp3) is 0.333. The van der Waals surface area contributed by atoms with Crippen LogP contribution in [0.1, 0.15) is 16.8 Å². The van der Waals surface area contributed by atoms with Gasteiger partial charge in [0, 0.05) is 32.1 Å². The van der Waals surface area contributed by atoms with E-state index in [4.69, 9.17) is 0 Å². The lowest BCUT2D eigenvalue weighted by molar-refractivity contribution is -0.115. The van der Waals surface area contributed by atoms with Crippen LogP contribution in [0.15, 0.2) is 30.3 Å². The topological polar surface area (TPSA) is 59.0 Å². The minimum Gasteiger partial charge on any atom is -0.312 e. The first-order chi connectivity index (χ1) is 9.74. The average molecular weight is 270 g/mol. The highest BCUT2D eigenvalue weighted by atomic mass is 16.1. The molecule has 2 N–H and O–H groups in total. The molecular formula is C15H18N4O. The van der Waals surface area contributed by atoms with E-state index in [0.717, 1.165) is 42.1 Å². The highest BCUT2D eigenvalue weighted by molar-refractivity contribution is 5.92. The van der Waals surface area contributed by atoms with Crippen LogP contribution < -0.4 is 10.6 Å². The van der Waals surface area contributed by atoms with E-state index in [0.29, 0.717) is 6.42 Å². The molecule has 0 radical (unpaired) electrons. The average Bonchev–Trinajstić information content (AvgIpc) is 2.76. The van der Waals surface area contributed by atoms with Crippen molar-refractivity contribution in [3.05, 3.63) is 47.2 Å². The molecule has 1 aliphatic rings. The van der Waals surface area contributed by atoms with Gasteiger partial charge in [0.15, 0.2) is 0 Å². The van der Waals surface area contributed by atoms with Crippen LogP contribution in [0.5, 0.6) is 0 Å². The van der Waals surface area contributed by atoms with E-state index in [2.05, 4.69) is 15.7 Å². The number of benzene rings is 1. The first-order valence-corrected chi connectivity index (χ1v) is 6.83. The number of aromatic nitrogens is 2. The van der Waals surface area contributed by atoms with Crippen molar-refractivity contribution in [3.63, 3.8) is 0 Å². The summed E-state index contributed by atoms with van der Waals surface area (Å²) in [5, 5.41) is 10.8. The first-order valence-electron chi connectivity index (χ1n) is 6.83. The Bertz CT molecular complexity index is 618. The maximum atomic E-state index is 12.1. The van der Waals surface area contributed by atoms with Crippen LogP contribution in [0.2, 0.25) is 0 Å². The Labute approximate surface area is 118 Å². The molecule has 0 saturated carbocycles. The second-order valence-corrected chi connectivity index (χ2v) is 5.03. The molecule has 1 amide bonds.